The van der Waals surface area contributed by atoms with E-state index in [1.54, 1.807) is 0 Å². The number of benzene rings is 1. The van der Waals surface area contributed by atoms with E-state index >= 15 is 0 Å². The predicted molar refractivity (Wildman–Crippen MR) is 74.9 cm³/mol. The van der Waals surface area contributed by atoms with Crippen LogP contribution in [0.3, 0.4) is 0 Å². The minimum absolute atomic E-state index is 0.106. The van der Waals surface area contributed by atoms with Crippen LogP contribution >= 0.6 is 0 Å². The lowest BCUT2D eigenvalue weighted by molar-refractivity contribution is -0.124. The van der Waals surface area contributed by atoms with Gasteiger partial charge in [0.25, 0.3) is 0 Å². The van der Waals surface area contributed by atoms with Crippen LogP contribution < -0.4 is 16.0 Å². The Morgan fingerprint density at radius 1 is 1.55 bits per heavy atom. The molecule has 2 rings (SSSR count). The Kier molecular flexibility index (Phi) is 4.92. The summed E-state index contributed by atoms with van der Waals surface area (Å²) in [5.41, 5.74) is 6.95. The van der Waals surface area contributed by atoms with E-state index in [-0.39, 0.29) is 18.3 Å². The quantitative estimate of drug-likeness (QED) is 0.849. The third kappa shape index (κ3) is 3.26. The highest BCUT2D eigenvalue weighted by atomic mass is 19.1. The van der Waals surface area contributed by atoms with Crippen molar-refractivity contribution in [3.05, 3.63) is 29.6 Å². The number of nitrogens with one attached hydrogen (secondary N) is 1. The van der Waals surface area contributed by atoms with Crippen LogP contribution in [0.5, 0.6) is 0 Å². The van der Waals surface area contributed by atoms with Crippen LogP contribution in [0.1, 0.15) is 12.5 Å². The van der Waals surface area contributed by atoms with Gasteiger partial charge in [0.2, 0.25) is 5.91 Å². The Morgan fingerprint density at radius 2 is 2.35 bits per heavy atom. The Morgan fingerprint density at radius 3 is 3.05 bits per heavy atom. The molecule has 1 amide bonds. The average molecular weight is 281 g/mol. The van der Waals surface area contributed by atoms with Gasteiger partial charge in [-0.05, 0) is 30.7 Å². The molecule has 110 valence electrons. The molecule has 20 heavy (non-hydrogen) atoms. The number of carbonyl (C=O) groups is 1. The number of likely N-dealkylation sites (N-methyl/N-ethyl adjacent to an activating group) is 1. The molecule has 0 bridgehead atoms. The van der Waals surface area contributed by atoms with Crippen LogP contribution in [0.4, 0.5) is 10.1 Å². The van der Waals surface area contributed by atoms with E-state index < -0.39 is 6.04 Å². The summed E-state index contributed by atoms with van der Waals surface area (Å²) in [7, 11) is 0. The van der Waals surface area contributed by atoms with Crippen LogP contribution in [0.2, 0.25) is 0 Å². The van der Waals surface area contributed by atoms with Crippen molar-refractivity contribution in [2.45, 2.75) is 19.5 Å². The second-order valence-corrected chi connectivity index (χ2v) is 4.70. The van der Waals surface area contributed by atoms with Gasteiger partial charge in [-0.1, -0.05) is 0 Å². The Balaban J connectivity index is 2.27. The molecule has 1 aromatic carbocycles. The molecule has 1 aliphatic heterocycles. The van der Waals surface area contributed by atoms with Crippen LogP contribution in [-0.2, 0) is 16.1 Å². The molecule has 1 heterocycles. The lowest BCUT2D eigenvalue weighted by atomic mass is 10.1. The van der Waals surface area contributed by atoms with Crippen LogP contribution in [0.25, 0.3) is 0 Å². The third-order valence-electron chi connectivity index (χ3n) is 3.29. The highest BCUT2D eigenvalue weighted by Gasteiger charge is 2.29. The smallest absolute Gasteiger partial charge is 0.245 e. The Labute approximate surface area is 117 Å². The van der Waals surface area contributed by atoms with Crippen LogP contribution in [-0.4, -0.2) is 38.3 Å². The normalized spacial score (nSPS) is 18.9. The molecular formula is C14H20FN3O2. The van der Waals surface area contributed by atoms with E-state index in [9.17, 15) is 9.18 Å². The molecule has 1 fully saturated rings. The van der Waals surface area contributed by atoms with Gasteiger partial charge in [0.1, 0.15) is 11.9 Å². The van der Waals surface area contributed by atoms with Crippen LogP contribution in [0.15, 0.2) is 18.2 Å². The van der Waals surface area contributed by atoms with Gasteiger partial charge in [-0.15, -0.1) is 0 Å². The maximum absolute atomic E-state index is 13.6. The van der Waals surface area contributed by atoms with Gasteiger partial charge < -0.3 is 20.7 Å². The maximum atomic E-state index is 13.6. The summed E-state index contributed by atoms with van der Waals surface area (Å²) in [6, 6.07) is 4.22. The largest absolute Gasteiger partial charge is 0.377 e. The van der Waals surface area contributed by atoms with E-state index in [4.69, 9.17) is 10.5 Å². The standard InChI is InChI=1S/C14H20FN3O2/c1-2-17-14(19)13-9-20-4-3-18(13)12-6-10(8-16)5-11(15)7-12/h5-7,13H,2-4,8-9,16H2,1H3,(H,17,19). The zero-order valence-corrected chi connectivity index (χ0v) is 11.6. The first-order valence-corrected chi connectivity index (χ1v) is 6.77. The van der Waals surface area contributed by atoms with Crippen molar-refractivity contribution in [3.8, 4) is 0 Å². The lowest BCUT2D eigenvalue weighted by Crippen LogP contribution is -2.54. The summed E-state index contributed by atoms with van der Waals surface area (Å²) in [6.07, 6.45) is 0. The number of rotatable bonds is 4. The molecular weight excluding hydrogens is 261 g/mol. The number of carbonyl (C=O) groups excluding carboxylic acids is 1. The van der Waals surface area contributed by atoms with Crippen molar-refractivity contribution in [3.63, 3.8) is 0 Å². The molecule has 0 radical (unpaired) electrons. The van der Waals surface area contributed by atoms with E-state index in [2.05, 4.69) is 5.32 Å². The fourth-order valence-electron chi connectivity index (χ4n) is 2.34. The highest BCUT2D eigenvalue weighted by Crippen LogP contribution is 2.23. The van der Waals surface area contributed by atoms with E-state index in [1.165, 1.54) is 12.1 Å². The molecule has 0 spiro atoms. The number of hydrogen-bond donors (Lipinski definition) is 2. The second kappa shape index (κ2) is 6.67. The molecule has 6 heteroatoms. The molecule has 1 aromatic rings. The average Bonchev–Trinajstić information content (AvgIpc) is 2.46. The number of ether oxygens (including phenoxy) is 1. The highest BCUT2D eigenvalue weighted by molar-refractivity contribution is 5.85. The monoisotopic (exact) mass is 281 g/mol. The van der Waals surface area contributed by atoms with Crippen molar-refractivity contribution in [2.24, 2.45) is 5.73 Å². The molecule has 3 N–H and O–H groups in total. The van der Waals surface area contributed by atoms with Crippen LogP contribution in [0, 0.1) is 5.82 Å². The van der Waals surface area contributed by atoms with E-state index in [0.717, 1.165) is 0 Å². The fourth-order valence-corrected chi connectivity index (χ4v) is 2.34. The summed E-state index contributed by atoms with van der Waals surface area (Å²) in [4.78, 5) is 13.9. The van der Waals surface area contributed by atoms with Crippen molar-refractivity contribution in [2.75, 3.05) is 31.2 Å². The van der Waals surface area contributed by atoms with Gasteiger partial charge in [-0.3, -0.25) is 4.79 Å². The molecule has 0 aliphatic carbocycles. The van der Waals surface area contributed by atoms with Crippen molar-refractivity contribution in [1.29, 1.82) is 0 Å². The summed E-state index contributed by atoms with van der Waals surface area (Å²) in [5, 5.41) is 2.78. The number of nitrogens with two attached hydrogens (primary N) is 1. The molecule has 5 nitrogen and oxygen atoms in total. The Bertz CT molecular complexity index is 481. The minimum Gasteiger partial charge on any atom is -0.377 e. The van der Waals surface area contributed by atoms with Gasteiger partial charge in [0.15, 0.2) is 0 Å². The molecule has 0 aromatic heterocycles. The van der Waals surface area contributed by atoms with Crippen molar-refractivity contribution in [1.82, 2.24) is 5.32 Å². The van der Waals surface area contributed by atoms with Gasteiger partial charge >= 0.3 is 0 Å². The predicted octanol–water partition coefficient (Wildman–Crippen LogP) is 0.626. The van der Waals surface area contributed by atoms with E-state index in [1.807, 2.05) is 17.9 Å². The maximum Gasteiger partial charge on any atom is 0.245 e. The molecule has 1 unspecified atom stereocenters. The van der Waals surface area contributed by atoms with Gasteiger partial charge in [-0.2, -0.15) is 0 Å². The number of amides is 1. The van der Waals surface area contributed by atoms with E-state index in [0.29, 0.717) is 37.6 Å². The molecule has 1 aliphatic rings. The molecule has 1 saturated heterocycles. The second-order valence-electron chi connectivity index (χ2n) is 4.70. The number of nitrogens with zero attached hydrogens (tertiary/aromatic N) is 1. The number of hydrogen-bond acceptors (Lipinski definition) is 4. The zero-order valence-electron chi connectivity index (χ0n) is 11.6. The lowest BCUT2D eigenvalue weighted by Gasteiger charge is -2.36. The third-order valence-corrected chi connectivity index (χ3v) is 3.29. The van der Waals surface area contributed by atoms with Gasteiger partial charge in [-0.25, -0.2) is 4.39 Å². The first kappa shape index (κ1) is 14.7. The first-order valence-electron chi connectivity index (χ1n) is 6.77. The molecule has 0 saturated carbocycles. The first-order chi connectivity index (χ1) is 9.65. The van der Waals surface area contributed by atoms with Gasteiger partial charge in [0, 0.05) is 25.3 Å². The Hall–Kier alpha value is -1.66. The number of morpholine rings is 1. The zero-order chi connectivity index (χ0) is 14.5. The van der Waals surface area contributed by atoms with Crippen molar-refractivity contribution >= 4 is 11.6 Å². The number of halogens is 1. The number of anilines is 1. The summed E-state index contributed by atoms with van der Waals surface area (Å²) < 4.78 is 19.0. The van der Waals surface area contributed by atoms with Gasteiger partial charge in [0.05, 0.1) is 13.2 Å². The fraction of sp³-hybridized carbons (Fsp3) is 0.500. The molecule has 1 atom stereocenters. The van der Waals surface area contributed by atoms with Crippen molar-refractivity contribution < 1.29 is 13.9 Å². The SMILES string of the molecule is CCNC(=O)C1COCCN1c1cc(F)cc(CN)c1. The summed E-state index contributed by atoms with van der Waals surface area (Å²) in [5.74, 6) is -0.449. The minimum atomic E-state index is -0.434. The topological polar surface area (TPSA) is 67.6 Å². The summed E-state index contributed by atoms with van der Waals surface area (Å²) >= 11 is 0. The summed E-state index contributed by atoms with van der Waals surface area (Å²) in [6.45, 7) is 4.06.